The zero-order valence-electron chi connectivity index (χ0n) is 11.8. The van der Waals surface area contributed by atoms with Crippen LogP contribution in [0.3, 0.4) is 0 Å². The van der Waals surface area contributed by atoms with Gasteiger partial charge in [0.2, 0.25) is 0 Å². The van der Waals surface area contributed by atoms with Gasteiger partial charge in [-0.1, -0.05) is 23.7 Å². The molecule has 6 heteroatoms. The van der Waals surface area contributed by atoms with Crippen molar-refractivity contribution in [2.75, 3.05) is 13.2 Å². The van der Waals surface area contributed by atoms with E-state index in [0.717, 1.165) is 18.4 Å². The molecule has 2 atom stereocenters. The summed E-state index contributed by atoms with van der Waals surface area (Å²) in [7, 11) is 0. The molecule has 2 aliphatic rings. The topological polar surface area (TPSA) is 58.6 Å². The summed E-state index contributed by atoms with van der Waals surface area (Å²) in [6, 6.07) is 6.58. The number of rotatable bonds is 3. The van der Waals surface area contributed by atoms with Crippen LogP contribution in [0.4, 0.5) is 4.79 Å². The third-order valence-electron chi connectivity index (χ3n) is 4.11. The van der Waals surface area contributed by atoms with E-state index < -0.39 is 5.54 Å². The Morgan fingerprint density at radius 2 is 2.10 bits per heavy atom. The van der Waals surface area contributed by atoms with Crippen LogP contribution < -0.4 is 5.32 Å². The number of carbonyl (C=O) groups is 2. The van der Waals surface area contributed by atoms with Gasteiger partial charge in [0.05, 0.1) is 12.6 Å². The van der Waals surface area contributed by atoms with Crippen molar-refractivity contribution in [2.24, 2.45) is 0 Å². The van der Waals surface area contributed by atoms with Gasteiger partial charge in [0.25, 0.3) is 5.91 Å². The zero-order valence-corrected chi connectivity index (χ0v) is 12.5. The predicted molar refractivity (Wildman–Crippen MR) is 78.0 cm³/mol. The first-order valence-electron chi connectivity index (χ1n) is 7.02. The fourth-order valence-electron chi connectivity index (χ4n) is 2.83. The van der Waals surface area contributed by atoms with Crippen molar-refractivity contribution in [1.82, 2.24) is 10.2 Å². The van der Waals surface area contributed by atoms with E-state index in [2.05, 4.69) is 5.32 Å². The normalized spacial score (nSPS) is 29.0. The summed E-state index contributed by atoms with van der Waals surface area (Å²) in [5, 5.41) is 3.37. The molecule has 0 aromatic heterocycles. The van der Waals surface area contributed by atoms with Gasteiger partial charge in [-0.3, -0.25) is 9.69 Å². The summed E-state index contributed by atoms with van der Waals surface area (Å²) in [6.07, 6.45) is 1.81. The standard InChI is InChI=1S/C15H17ClN2O3/c1-15(10-4-6-11(16)7-5-10)13(19)18(14(20)17-15)9-12-3-2-8-21-12/h4-7,12H,2-3,8-9H2,1H3,(H,17,20)/t12-,15+/m1/s1. The summed E-state index contributed by atoms with van der Waals surface area (Å²) < 4.78 is 5.51. The number of carbonyl (C=O) groups excluding carboxylic acids is 2. The first-order chi connectivity index (χ1) is 10.0. The van der Waals surface area contributed by atoms with Crippen LogP contribution in [0.1, 0.15) is 25.3 Å². The van der Waals surface area contributed by atoms with Gasteiger partial charge in [-0.15, -0.1) is 0 Å². The molecule has 1 aromatic rings. The fraction of sp³-hybridized carbons (Fsp3) is 0.467. The van der Waals surface area contributed by atoms with Crippen LogP contribution in [0.2, 0.25) is 5.02 Å². The minimum absolute atomic E-state index is 0.0488. The highest BCUT2D eigenvalue weighted by atomic mass is 35.5. The number of benzene rings is 1. The summed E-state index contributed by atoms with van der Waals surface area (Å²) >= 11 is 5.87. The molecule has 2 aliphatic heterocycles. The van der Waals surface area contributed by atoms with Gasteiger partial charge in [0.15, 0.2) is 0 Å². The zero-order chi connectivity index (χ0) is 15.0. The number of hydrogen-bond acceptors (Lipinski definition) is 3. The van der Waals surface area contributed by atoms with Gasteiger partial charge in [-0.25, -0.2) is 4.79 Å². The highest BCUT2D eigenvalue weighted by molar-refractivity contribution is 6.30. The van der Waals surface area contributed by atoms with Crippen LogP contribution in [0.25, 0.3) is 0 Å². The van der Waals surface area contributed by atoms with Crippen molar-refractivity contribution in [3.05, 3.63) is 34.9 Å². The molecule has 0 radical (unpaired) electrons. The Labute approximate surface area is 128 Å². The van der Waals surface area contributed by atoms with E-state index in [1.54, 1.807) is 31.2 Å². The largest absolute Gasteiger partial charge is 0.376 e. The molecule has 2 fully saturated rings. The number of nitrogens with zero attached hydrogens (tertiary/aromatic N) is 1. The van der Waals surface area contributed by atoms with Crippen LogP contribution in [0.15, 0.2) is 24.3 Å². The maximum Gasteiger partial charge on any atom is 0.325 e. The third kappa shape index (κ3) is 2.51. The van der Waals surface area contributed by atoms with Gasteiger partial charge in [0, 0.05) is 11.6 Å². The quantitative estimate of drug-likeness (QED) is 0.872. The van der Waals surface area contributed by atoms with E-state index >= 15 is 0 Å². The first kappa shape index (κ1) is 14.4. The maximum atomic E-state index is 12.7. The summed E-state index contributed by atoms with van der Waals surface area (Å²) in [6.45, 7) is 2.72. The Hall–Kier alpha value is -1.59. The lowest BCUT2D eigenvalue weighted by molar-refractivity contribution is -0.132. The summed E-state index contributed by atoms with van der Waals surface area (Å²) in [5.74, 6) is -0.245. The highest BCUT2D eigenvalue weighted by Gasteiger charge is 2.49. The van der Waals surface area contributed by atoms with Gasteiger partial charge in [0.1, 0.15) is 5.54 Å². The molecule has 1 N–H and O–H groups in total. The number of ether oxygens (including phenoxy) is 1. The molecule has 112 valence electrons. The van der Waals surface area contributed by atoms with Gasteiger partial charge >= 0.3 is 6.03 Å². The van der Waals surface area contributed by atoms with E-state index in [9.17, 15) is 9.59 Å². The van der Waals surface area contributed by atoms with Gasteiger partial charge in [-0.05, 0) is 37.5 Å². The molecule has 1 aromatic carbocycles. The molecule has 5 nitrogen and oxygen atoms in total. The summed E-state index contributed by atoms with van der Waals surface area (Å²) in [4.78, 5) is 26.1. The van der Waals surface area contributed by atoms with Crippen molar-refractivity contribution in [3.63, 3.8) is 0 Å². The molecule has 2 saturated heterocycles. The maximum absolute atomic E-state index is 12.7. The molecule has 0 spiro atoms. The SMILES string of the molecule is C[C@@]1(c2ccc(Cl)cc2)NC(=O)N(C[C@H]2CCCO2)C1=O. The average molecular weight is 309 g/mol. The lowest BCUT2D eigenvalue weighted by Gasteiger charge is -2.23. The Bertz CT molecular complexity index is 569. The van der Waals surface area contributed by atoms with Crippen LogP contribution in [0, 0.1) is 0 Å². The smallest absolute Gasteiger partial charge is 0.325 e. The molecule has 0 saturated carbocycles. The van der Waals surface area contributed by atoms with Crippen LogP contribution in [0.5, 0.6) is 0 Å². The Morgan fingerprint density at radius 1 is 1.38 bits per heavy atom. The van der Waals surface area contributed by atoms with Crippen molar-refractivity contribution in [1.29, 1.82) is 0 Å². The molecule has 0 unspecified atom stereocenters. The van der Waals surface area contributed by atoms with Gasteiger partial charge < -0.3 is 10.1 Å². The molecule has 3 rings (SSSR count). The van der Waals surface area contributed by atoms with E-state index in [0.29, 0.717) is 18.2 Å². The van der Waals surface area contributed by atoms with E-state index in [1.165, 1.54) is 4.90 Å². The lowest BCUT2D eigenvalue weighted by atomic mass is 9.92. The number of nitrogens with one attached hydrogen (secondary N) is 1. The average Bonchev–Trinajstić information content (AvgIpc) is 3.03. The van der Waals surface area contributed by atoms with Crippen molar-refractivity contribution < 1.29 is 14.3 Å². The highest BCUT2D eigenvalue weighted by Crippen LogP contribution is 2.30. The minimum atomic E-state index is -1.04. The van der Waals surface area contributed by atoms with Crippen molar-refractivity contribution in [2.45, 2.75) is 31.4 Å². The van der Waals surface area contributed by atoms with Crippen LogP contribution >= 0.6 is 11.6 Å². The molecule has 21 heavy (non-hydrogen) atoms. The molecule has 3 amide bonds. The lowest BCUT2D eigenvalue weighted by Crippen LogP contribution is -2.41. The van der Waals surface area contributed by atoms with E-state index in [1.807, 2.05) is 0 Å². The van der Waals surface area contributed by atoms with Crippen molar-refractivity contribution in [3.8, 4) is 0 Å². The van der Waals surface area contributed by atoms with Crippen LogP contribution in [-0.2, 0) is 15.1 Å². The van der Waals surface area contributed by atoms with Crippen molar-refractivity contribution >= 4 is 23.5 Å². The molecule has 0 bridgehead atoms. The number of hydrogen-bond donors (Lipinski definition) is 1. The predicted octanol–water partition coefficient (Wildman–Crippen LogP) is 2.29. The Kier molecular flexibility index (Phi) is 3.63. The molecule has 2 heterocycles. The molecular formula is C15H17ClN2O3. The Morgan fingerprint density at radius 3 is 2.71 bits per heavy atom. The van der Waals surface area contributed by atoms with E-state index in [4.69, 9.17) is 16.3 Å². The Balaban J connectivity index is 1.82. The first-order valence-corrected chi connectivity index (χ1v) is 7.40. The fourth-order valence-corrected chi connectivity index (χ4v) is 2.96. The number of imide groups is 1. The minimum Gasteiger partial charge on any atom is -0.376 e. The number of halogens is 1. The number of urea groups is 1. The number of amides is 3. The monoisotopic (exact) mass is 308 g/mol. The molecular weight excluding hydrogens is 292 g/mol. The van der Waals surface area contributed by atoms with Crippen LogP contribution in [-0.4, -0.2) is 36.1 Å². The van der Waals surface area contributed by atoms with Gasteiger partial charge in [-0.2, -0.15) is 0 Å². The molecule has 0 aliphatic carbocycles. The third-order valence-corrected chi connectivity index (χ3v) is 4.36. The second kappa shape index (κ2) is 5.31. The second-order valence-electron chi connectivity index (χ2n) is 5.61. The summed E-state index contributed by atoms with van der Waals surface area (Å²) in [5.41, 5.74) is -0.319. The van der Waals surface area contributed by atoms with E-state index in [-0.39, 0.29) is 18.0 Å². The second-order valence-corrected chi connectivity index (χ2v) is 6.05.